The monoisotopic (exact) mass is 484 g/mol. The van der Waals surface area contributed by atoms with Crippen LogP contribution in [0.15, 0.2) is 77.7 Å². The summed E-state index contributed by atoms with van der Waals surface area (Å²) in [7, 11) is 1.70. The van der Waals surface area contributed by atoms with E-state index < -0.39 is 11.2 Å². The third-order valence-electron chi connectivity index (χ3n) is 6.59. The highest BCUT2D eigenvalue weighted by Gasteiger charge is 2.46. The molecule has 6 heteroatoms. The molecule has 1 amide bonds. The van der Waals surface area contributed by atoms with E-state index in [9.17, 15) is 14.7 Å². The van der Waals surface area contributed by atoms with E-state index in [1.807, 2.05) is 61.5 Å². The molecule has 1 aliphatic rings. The van der Waals surface area contributed by atoms with Crippen LogP contribution in [-0.4, -0.2) is 32.8 Å². The molecular weight excluding hydrogens is 452 g/mol. The summed E-state index contributed by atoms with van der Waals surface area (Å²) < 4.78 is 7.60. The van der Waals surface area contributed by atoms with Gasteiger partial charge in [0.2, 0.25) is 5.56 Å². The van der Waals surface area contributed by atoms with Crippen LogP contribution >= 0.6 is 0 Å². The number of benzene rings is 2. The molecular formula is C30H32N2O4. The Bertz CT molecular complexity index is 1340. The number of hydrogen-bond donors (Lipinski definition) is 1. The zero-order valence-electron chi connectivity index (χ0n) is 21.2. The predicted molar refractivity (Wildman–Crippen MR) is 139 cm³/mol. The summed E-state index contributed by atoms with van der Waals surface area (Å²) in [5, 5.41) is 10.6. The van der Waals surface area contributed by atoms with E-state index in [1.54, 1.807) is 38.1 Å². The van der Waals surface area contributed by atoms with Crippen LogP contribution in [0.5, 0.6) is 0 Å². The van der Waals surface area contributed by atoms with E-state index in [2.05, 4.69) is 11.8 Å². The maximum absolute atomic E-state index is 13.2. The second-order valence-corrected chi connectivity index (χ2v) is 10.1. The van der Waals surface area contributed by atoms with Crippen LogP contribution in [0.4, 0.5) is 4.79 Å². The summed E-state index contributed by atoms with van der Waals surface area (Å²) in [6.07, 6.45) is 2.22. The molecule has 4 rings (SSSR count). The van der Waals surface area contributed by atoms with Gasteiger partial charge in [-0.1, -0.05) is 54.3 Å². The average Bonchev–Trinajstić information content (AvgIpc) is 2.84. The number of amides is 1. The highest BCUT2D eigenvalue weighted by atomic mass is 16.6. The molecule has 0 radical (unpaired) electrons. The number of hydrogen-bond acceptors (Lipinski definition) is 4. The van der Waals surface area contributed by atoms with Crippen LogP contribution < -0.4 is 5.56 Å². The van der Waals surface area contributed by atoms with Crippen molar-refractivity contribution >= 4 is 6.09 Å². The quantitative estimate of drug-likeness (QED) is 0.531. The van der Waals surface area contributed by atoms with E-state index in [0.29, 0.717) is 19.4 Å². The van der Waals surface area contributed by atoms with E-state index in [4.69, 9.17) is 4.74 Å². The largest absolute Gasteiger partial charge is 0.438 e. The van der Waals surface area contributed by atoms with Crippen LogP contribution in [0.25, 0.3) is 0 Å². The van der Waals surface area contributed by atoms with Gasteiger partial charge in [0.05, 0.1) is 11.6 Å². The molecule has 2 heterocycles. The summed E-state index contributed by atoms with van der Waals surface area (Å²) in [5.74, 6) is 6.19. The van der Waals surface area contributed by atoms with Crippen LogP contribution in [0.1, 0.15) is 61.9 Å². The fourth-order valence-corrected chi connectivity index (χ4v) is 4.73. The number of nitrogens with zero attached hydrogens (tertiary/aromatic N) is 2. The van der Waals surface area contributed by atoms with E-state index >= 15 is 0 Å². The lowest BCUT2D eigenvalue weighted by Crippen LogP contribution is -2.51. The topological polar surface area (TPSA) is 71.8 Å². The third kappa shape index (κ3) is 5.69. The summed E-state index contributed by atoms with van der Waals surface area (Å²) in [6.45, 7) is 5.98. The Hall–Kier alpha value is -3.82. The summed E-state index contributed by atoms with van der Waals surface area (Å²) in [5.41, 5.74) is 1.55. The number of aliphatic hydroxyl groups is 1. The van der Waals surface area contributed by atoms with Crippen LogP contribution in [-0.2, 0) is 17.4 Å². The first kappa shape index (κ1) is 25.3. The molecule has 1 saturated heterocycles. The zero-order chi connectivity index (χ0) is 25.9. The normalized spacial score (nSPS) is 18.7. The minimum absolute atomic E-state index is 0.0730. The minimum Gasteiger partial charge on any atom is -0.438 e. The molecule has 1 aliphatic heterocycles. The molecule has 2 atom stereocenters. The number of ether oxygens (including phenoxy) is 1. The van der Waals surface area contributed by atoms with Gasteiger partial charge in [-0.15, -0.1) is 0 Å². The number of rotatable bonds is 5. The minimum atomic E-state index is -0.991. The van der Waals surface area contributed by atoms with E-state index in [-0.39, 0.29) is 17.7 Å². The number of carbonyl (C=O) groups is 1. The smallest absolute Gasteiger partial charge is 0.411 e. The lowest BCUT2D eigenvalue weighted by Gasteiger charge is -2.45. The van der Waals surface area contributed by atoms with Crippen molar-refractivity contribution in [2.45, 2.75) is 50.9 Å². The van der Waals surface area contributed by atoms with Gasteiger partial charge in [0.25, 0.3) is 0 Å². The molecule has 0 spiro atoms. The molecule has 3 aromatic rings. The number of aryl methyl sites for hydroxylation is 1. The van der Waals surface area contributed by atoms with Gasteiger partial charge in [0, 0.05) is 49.8 Å². The number of carbonyl (C=O) groups excluding carboxylic acids is 1. The van der Waals surface area contributed by atoms with Gasteiger partial charge >= 0.3 is 6.09 Å². The van der Waals surface area contributed by atoms with Crippen molar-refractivity contribution in [3.63, 3.8) is 0 Å². The Labute approximate surface area is 212 Å². The van der Waals surface area contributed by atoms with Crippen LogP contribution in [0, 0.1) is 11.8 Å². The first-order valence-corrected chi connectivity index (χ1v) is 12.1. The Morgan fingerprint density at radius 3 is 2.25 bits per heavy atom. The molecule has 1 N–H and O–H groups in total. The number of cyclic esters (lactones) is 1. The van der Waals surface area contributed by atoms with E-state index in [1.165, 1.54) is 10.6 Å². The zero-order valence-corrected chi connectivity index (χ0v) is 21.2. The molecule has 6 nitrogen and oxygen atoms in total. The van der Waals surface area contributed by atoms with Gasteiger partial charge in [-0.25, -0.2) is 4.79 Å². The average molecular weight is 485 g/mol. The standard InChI is InChI=1S/C30H32N2O4/c1-22(25-15-12-23(13-16-25)10-11-24-14-17-27(33)31(4)20-24)32-19-18-30(36-28(32)34,21-29(2,3)35)26-8-6-5-7-9-26/h5-9,12-17,20,22,35H,18-19,21H2,1-4H3/t22-,30-/m0/s1. The fourth-order valence-electron chi connectivity index (χ4n) is 4.73. The lowest BCUT2D eigenvalue weighted by atomic mass is 9.80. The Morgan fingerprint density at radius 2 is 1.64 bits per heavy atom. The second kappa shape index (κ2) is 10.0. The fraction of sp³-hybridized carbons (Fsp3) is 0.333. The third-order valence-corrected chi connectivity index (χ3v) is 6.59. The second-order valence-electron chi connectivity index (χ2n) is 10.1. The van der Waals surface area contributed by atoms with Gasteiger partial charge in [-0.2, -0.15) is 0 Å². The van der Waals surface area contributed by atoms with Crippen molar-refractivity contribution in [1.29, 1.82) is 0 Å². The molecule has 0 bridgehead atoms. The Morgan fingerprint density at radius 1 is 1.00 bits per heavy atom. The van der Waals surface area contributed by atoms with Gasteiger partial charge in [0.15, 0.2) is 0 Å². The molecule has 1 fully saturated rings. The maximum Gasteiger partial charge on any atom is 0.411 e. The lowest BCUT2D eigenvalue weighted by molar-refractivity contribution is -0.101. The molecule has 0 saturated carbocycles. The van der Waals surface area contributed by atoms with Gasteiger partial charge in [0.1, 0.15) is 5.60 Å². The van der Waals surface area contributed by atoms with Crippen molar-refractivity contribution in [2.75, 3.05) is 6.54 Å². The predicted octanol–water partition coefficient (Wildman–Crippen LogP) is 4.74. The van der Waals surface area contributed by atoms with Crippen molar-refractivity contribution in [1.82, 2.24) is 9.47 Å². The molecule has 36 heavy (non-hydrogen) atoms. The molecule has 1 aromatic heterocycles. The van der Waals surface area contributed by atoms with Crippen molar-refractivity contribution in [3.8, 4) is 11.8 Å². The molecule has 0 aliphatic carbocycles. The van der Waals surface area contributed by atoms with Gasteiger partial charge < -0.3 is 19.3 Å². The first-order chi connectivity index (χ1) is 17.1. The van der Waals surface area contributed by atoms with Crippen LogP contribution in [0.2, 0.25) is 0 Å². The highest BCUT2D eigenvalue weighted by Crippen LogP contribution is 2.42. The Kier molecular flexibility index (Phi) is 7.05. The van der Waals surface area contributed by atoms with Crippen molar-refractivity contribution < 1.29 is 14.6 Å². The van der Waals surface area contributed by atoms with Crippen molar-refractivity contribution in [3.05, 3.63) is 106 Å². The molecule has 186 valence electrons. The SMILES string of the molecule is C[C@@H](c1ccc(C#Cc2ccc(=O)n(C)c2)cc1)N1CC[C@](CC(C)(C)O)(c2ccccc2)OC1=O. The number of pyridine rings is 1. The molecule has 0 unspecified atom stereocenters. The van der Waals surface area contributed by atoms with E-state index in [0.717, 1.165) is 22.3 Å². The van der Waals surface area contributed by atoms with Crippen molar-refractivity contribution in [2.24, 2.45) is 7.05 Å². The Balaban J connectivity index is 1.49. The summed E-state index contributed by atoms with van der Waals surface area (Å²) >= 11 is 0. The summed E-state index contributed by atoms with van der Waals surface area (Å²) in [4.78, 5) is 26.5. The maximum atomic E-state index is 13.2. The van der Waals surface area contributed by atoms with Crippen LogP contribution in [0.3, 0.4) is 0 Å². The summed E-state index contributed by atoms with van der Waals surface area (Å²) in [6, 6.07) is 20.5. The van der Waals surface area contributed by atoms with Gasteiger partial charge in [-0.05, 0) is 50.1 Å². The molecule has 2 aromatic carbocycles. The van der Waals surface area contributed by atoms with Gasteiger partial charge in [-0.3, -0.25) is 4.79 Å². The number of aromatic nitrogens is 1. The first-order valence-electron chi connectivity index (χ1n) is 12.1. The highest BCUT2D eigenvalue weighted by molar-refractivity contribution is 5.70.